The second-order valence-corrected chi connectivity index (χ2v) is 1.54. The van der Waals surface area contributed by atoms with E-state index in [9.17, 15) is 0 Å². The van der Waals surface area contributed by atoms with Gasteiger partial charge in [-0.1, -0.05) is 48.6 Å². The molecule has 0 aromatic carbocycles. The Morgan fingerprint density at radius 1 is 0.333 bits per heavy atom. The lowest BCUT2D eigenvalue weighted by molar-refractivity contribution is 1.81. The van der Waals surface area contributed by atoms with Gasteiger partial charge in [-0.25, -0.2) is 0 Å². The van der Waals surface area contributed by atoms with Crippen LogP contribution < -0.4 is 0 Å². The van der Waals surface area contributed by atoms with E-state index in [1.165, 1.54) is 0 Å². The highest BCUT2D eigenvalue weighted by Gasteiger charge is 1.65. The minimum atomic E-state index is 0. The molecule has 0 amide bonds. The topological polar surface area (TPSA) is 0 Å². The van der Waals surface area contributed by atoms with Crippen LogP contribution >= 0.6 is 0 Å². The first-order chi connectivity index (χ1) is 4.00. The maximum atomic E-state index is 2.00. The van der Waals surface area contributed by atoms with Crippen molar-refractivity contribution in [2.45, 2.75) is 0 Å². The minimum absolute atomic E-state index is 0. The largest absolute Gasteiger partial charge is 0.0623 e. The highest BCUT2D eigenvalue weighted by atomic mass is 24.3. The van der Waals surface area contributed by atoms with Gasteiger partial charge in [-0.05, 0) is 0 Å². The monoisotopic (exact) mass is 128 g/mol. The fourth-order valence-corrected chi connectivity index (χ4v) is 0.513. The zero-order chi connectivity index (χ0) is 5.66. The van der Waals surface area contributed by atoms with E-state index in [1.54, 1.807) is 0 Å². The van der Waals surface area contributed by atoms with Crippen LogP contribution in [0.5, 0.6) is 0 Å². The third-order valence-electron chi connectivity index (χ3n) is 0.889. The molecule has 0 unspecified atom stereocenters. The summed E-state index contributed by atoms with van der Waals surface area (Å²) in [7, 11) is 0. The summed E-state index contributed by atoms with van der Waals surface area (Å²) in [4.78, 5) is 0. The number of hydrogen-bond acceptors (Lipinski definition) is 0. The van der Waals surface area contributed by atoms with Crippen molar-refractivity contribution < 1.29 is 0 Å². The van der Waals surface area contributed by atoms with Crippen molar-refractivity contribution in [3.05, 3.63) is 48.6 Å². The van der Waals surface area contributed by atoms with E-state index in [4.69, 9.17) is 0 Å². The van der Waals surface area contributed by atoms with Crippen molar-refractivity contribution in [3.63, 3.8) is 0 Å². The Bertz CT molecular complexity index is 105. The lowest BCUT2D eigenvalue weighted by Crippen LogP contribution is -1.55. The number of rotatable bonds is 0. The van der Waals surface area contributed by atoms with Gasteiger partial charge < -0.3 is 0 Å². The van der Waals surface area contributed by atoms with E-state index in [1.807, 2.05) is 48.6 Å². The molecule has 1 aliphatic carbocycles. The summed E-state index contributed by atoms with van der Waals surface area (Å²) in [6.45, 7) is 0. The van der Waals surface area contributed by atoms with Crippen LogP contribution in [0.25, 0.3) is 0 Å². The molecule has 0 aromatic heterocycles. The van der Waals surface area contributed by atoms with Gasteiger partial charge in [0.15, 0.2) is 0 Å². The van der Waals surface area contributed by atoms with Gasteiger partial charge in [-0.3, -0.25) is 0 Å². The van der Waals surface area contributed by atoms with Crippen LogP contribution in [-0.4, -0.2) is 23.1 Å². The van der Waals surface area contributed by atoms with Gasteiger partial charge >= 0.3 is 0 Å². The minimum Gasteiger partial charge on any atom is -0.0623 e. The van der Waals surface area contributed by atoms with Crippen LogP contribution in [0.3, 0.4) is 0 Å². The Morgan fingerprint density at radius 2 is 0.444 bits per heavy atom. The Balaban J connectivity index is 0.000000640. The average molecular weight is 128 g/mol. The predicted octanol–water partition coefficient (Wildman–Crippen LogP) is 1.84. The van der Waals surface area contributed by atoms with Gasteiger partial charge in [-0.15, -0.1) is 0 Å². The molecule has 0 fully saturated rings. The molecule has 42 valence electrons. The molecule has 0 heterocycles. The molecule has 0 aliphatic heterocycles. The Morgan fingerprint density at radius 3 is 0.556 bits per heavy atom. The van der Waals surface area contributed by atoms with Crippen LogP contribution in [0.15, 0.2) is 48.6 Å². The summed E-state index contributed by atoms with van der Waals surface area (Å²) < 4.78 is 0. The molecule has 2 radical (unpaired) electrons. The molecular formula is C8H8Mg. The summed E-state index contributed by atoms with van der Waals surface area (Å²) in [5.74, 6) is 0. The average Bonchev–Trinajstić information content (AvgIpc) is 1.62. The molecule has 1 rings (SSSR count). The van der Waals surface area contributed by atoms with Crippen molar-refractivity contribution in [1.29, 1.82) is 0 Å². The molecule has 1 heteroatoms. The van der Waals surface area contributed by atoms with E-state index in [0.29, 0.717) is 0 Å². The summed E-state index contributed by atoms with van der Waals surface area (Å²) in [6.07, 6.45) is 16.0. The van der Waals surface area contributed by atoms with Gasteiger partial charge in [0.2, 0.25) is 0 Å². The second kappa shape index (κ2) is 5.86. The van der Waals surface area contributed by atoms with Gasteiger partial charge in [-0.2, -0.15) is 0 Å². The molecule has 0 nitrogen and oxygen atoms in total. The van der Waals surface area contributed by atoms with Crippen molar-refractivity contribution in [3.8, 4) is 0 Å². The van der Waals surface area contributed by atoms with E-state index in [2.05, 4.69) is 0 Å². The molecule has 0 saturated carbocycles. The molecule has 0 saturated heterocycles. The first-order valence-electron chi connectivity index (χ1n) is 2.67. The molecule has 0 N–H and O–H groups in total. The summed E-state index contributed by atoms with van der Waals surface area (Å²) in [6, 6.07) is 0. The lowest BCUT2D eigenvalue weighted by atomic mass is 10.3. The smallest absolute Gasteiger partial charge is 0 e. The predicted molar refractivity (Wildman–Crippen MR) is 42.3 cm³/mol. The van der Waals surface area contributed by atoms with Gasteiger partial charge in [0, 0.05) is 23.1 Å². The van der Waals surface area contributed by atoms with Crippen LogP contribution in [-0.2, 0) is 0 Å². The molecule has 0 bridgehead atoms. The maximum absolute atomic E-state index is 2.00. The summed E-state index contributed by atoms with van der Waals surface area (Å²) in [5.41, 5.74) is 0. The first kappa shape index (κ1) is 8.73. The van der Waals surface area contributed by atoms with Crippen molar-refractivity contribution >= 4 is 23.1 Å². The van der Waals surface area contributed by atoms with Crippen LogP contribution in [0, 0.1) is 0 Å². The van der Waals surface area contributed by atoms with Crippen LogP contribution in [0.2, 0.25) is 0 Å². The van der Waals surface area contributed by atoms with E-state index in [-0.39, 0.29) is 23.1 Å². The quantitative estimate of drug-likeness (QED) is 0.437. The van der Waals surface area contributed by atoms with Crippen molar-refractivity contribution in [2.24, 2.45) is 0 Å². The summed E-state index contributed by atoms with van der Waals surface area (Å²) >= 11 is 0. The molecule has 0 spiro atoms. The standard InChI is InChI=1S/C8H8.Mg/c1-2-4-6-8-7-5-3-1;/h1-8H;/b2-1-,3-1?,4-2?,5-3-,6-4-,7-5?,8-6?,8-7-;. The van der Waals surface area contributed by atoms with Crippen LogP contribution in [0.4, 0.5) is 0 Å². The zero-order valence-corrected chi connectivity index (χ0v) is 6.74. The first-order valence-corrected chi connectivity index (χ1v) is 2.67. The number of allylic oxidation sites excluding steroid dienone is 8. The van der Waals surface area contributed by atoms with E-state index >= 15 is 0 Å². The molecule has 1 aliphatic rings. The number of hydrogen-bond donors (Lipinski definition) is 0. The second-order valence-electron chi connectivity index (χ2n) is 1.54. The Kier molecular flexibility index (Phi) is 5.68. The van der Waals surface area contributed by atoms with Gasteiger partial charge in [0.25, 0.3) is 0 Å². The highest BCUT2D eigenvalue weighted by molar-refractivity contribution is 5.75. The molecule has 0 aromatic rings. The lowest BCUT2D eigenvalue weighted by Gasteiger charge is -1.77. The van der Waals surface area contributed by atoms with Gasteiger partial charge in [0.1, 0.15) is 0 Å². The third-order valence-corrected chi connectivity index (χ3v) is 0.889. The Labute approximate surface area is 71.8 Å². The molecular weight excluding hydrogens is 120 g/mol. The van der Waals surface area contributed by atoms with E-state index in [0.717, 1.165) is 0 Å². The molecule has 9 heavy (non-hydrogen) atoms. The third kappa shape index (κ3) is 4.24. The Hall–Kier alpha value is -0.274. The van der Waals surface area contributed by atoms with Crippen molar-refractivity contribution in [2.75, 3.05) is 0 Å². The van der Waals surface area contributed by atoms with Gasteiger partial charge in [0.05, 0.1) is 0 Å². The summed E-state index contributed by atoms with van der Waals surface area (Å²) in [5, 5.41) is 0. The fourth-order valence-electron chi connectivity index (χ4n) is 0.513. The maximum Gasteiger partial charge on any atom is 0 e. The normalized spacial score (nSPS) is 28.4. The fraction of sp³-hybridized carbons (Fsp3) is 0. The zero-order valence-electron chi connectivity index (χ0n) is 5.33. The highest BCUT2D eigenvalue weighted by Crippen LogP contribution is 1.87. The van der Waals surface area contributed by atoms with Crippen LogP contribution in [0.1, 0.15) is 0 Å². The van der Waals surface area contributed by atoms with E-state index < -0.39 is 0 Å². The van der Waals surface area contributed by atoms with Crippen molar-refractivity contribution in [1.82, 2.24) is 0 Å². The molecule has 0 atom stereocenters. The SMILES string of the molecule is C1=C\C=C/C=C\C=C/1.[Mg].